The highest BCUT2D eigenvalue weighted by molar-refractivity contribution is 6.37. The van der Waals surface area contributed by atoms with Crippen molar-refractivity contribution < 1.29 is 14.4 Å². The van der Waals surface area contributed by atoms with E-state index in [9.17, 15) is 14.4 Å². The predicted octanol–water partition coefficient (Wildman–Crippen LogP) is -0.312. The van der Waals surface area contributed by atoms with Crippen molar-refractivity contribution in [1.82, 2.24) is 16.0 Å². The van der Waals surface area contributed by atoms with Crippen LogP contribution in [0.3, 0.4) is 0 Å². The van der Waals surface area contributed by atoms with Crippen molar-refractivity contribution in [3.63, 3.8) is 0 Å². The van der Waals surface area contributed by atoms with E-state index in [4.69, 9.17) is 0 Å². The lowest BCUT2D eigenvalue weighted by Crippen LogP contribution is -2.48. The van der Waals surface area contributed by atoms with Crippen molar-refractivity contribution in [1.29, 1.82) is 0 Å². The first-order valence-electron chi connectivity index (χ1n) is 7.03. The van der Waals surface area contributed by atoms with E-state index in [1.54, 1.807) is 0 Å². The Balaban J connectivity index is 1.75. The monoisotopic (exact) mass is 267 g/mol. The molecule has 19 heavy (non-hydrogen) atoms. The Bertz CT molecular complexity index is 358. The van der Waals surface area contributed by atoms with E-state index >= 15 is 0 Å². The standard InChI is InChI=1S/C13H21N3O3/c17-11(9-5-7-14-8-6-9)16-13(19)12(18)15-10-3-1-2-4-10/h9-10,14H,1-8H2,(H,15,18)(H,16,17,19). The molecule has 6 heteroatoms. The molecule has 3 N–H and O–H groups in total. The van der Waals surface area contributed by atoms with Gasteiger partial charge in [0.1, 0.15) is 0 Å². The number of carbonyl (C=O) groups is 3. The minimum Gasteiger partial charge on any atom is -0.345 e. The van der Waals surface area contributed by atoms with Gasteiger partial charge in [0, 0.05) is 12.0 Å². The molecule has 0 aromatic rings. The van der Waals surface area contributed by atoms with Crippen LogP contribution in [0.2, 0.25) is 0 Å². The summed E-state index contributed by atoms with van der Waals surface area (Å²) in [5.41, 5.74) is 0. The SMILES string of the molecule is O=C(NC(=O)C1CCNCC1)C(=O)NC1CCCC1. The van der Waals surface area contributed by atoms with Gasteiger partial charge in [0.25, 0.3) is 0 Å². The Morgan fingerprint density at radius 3 is 2.16 bits per heavy atom. The lowest BCUT2D eigenvalue weighted by atomic mass is 9.97. The third-order valence-electron chi connectivity index (χ3n) is 3.84. The topological polar surface area (TPSA) is 87.3 Å². The minimum atomic E-state index is -0.824. The summed E-state index contributed by atoms with van der Waals surface area (Å²) in [5.74, 6) is -2.00. The highest BCUT2D eigenvalue weighted by Crippen LogP contribution is 2.17. The van der Waals surface area contributed by atoms with E-state index in [1.165, 1.54) is 0 Å². The molecular formula is C13H21N3O3. The number of rotatable bonds is 2. The maximum atomic E-state index is 11.8. The van der Waals surface area contributed by atoms with Gasteiger partial charge in [-0.05, 0) is 38.8 Å². The van der Waals surface area contributed by atoms with Gasteiger partial charge in [0.15, 0.2) is 0 Å². The summed E-state index contributed by atoms with van der Waals surface area (Å²) in [6.45, 7) is 1.56. The maximum absolute atomic E-state index is 11.8. The largest absolute Gasteiger partial charge is 0.345 e. The average Bonchev–Trinajstić information content (AvgIpc) is 2.92. The Morgan fingerprint density at radius 1 is 0.895 bits per heavy atom. The van der Waals surface area contributed by atoms with Gasteiger partial charge < -0.3 is 10.6 Å². The number of piperidine rings is 1. The molecule has 6 nitrogen and oxygen atoms in total. The van der Waals surface area contributed by atoms with Gasteiger partial charge in [-0.1, -0.05) is 12.8 Å². The molecule has 1 saturated carbocycles. The van der Waals surface area contributed by atoms with Crippen molar-refractivity contribution in [2.75, 3.05) is 13.1 Å². The van der Waals surface area contributed by atoms with E-state index in [0.717, 1.165) is 38.8 Å². The minimum absolute atomic E-state index is 0.0900. The third-order valence-corrected chi connectivity index (χ3v) is 3.84. The van der Waals surface area contributed by atoms with Crippen LogP contribution in [0.15, 0.2) is 0 Å². The van der Waals surface area contributed by atoms with Crippen LogP contribution in [0.4, 0.5) is 0 Å². The quantitative estimate of drug-likeness (QED) is 0.599. The molecule has 0 aromatic carbocycles. The zero-order valence-corrected chi connectivity index (χ0v) is 11.0. The molecule has 2 rings (SSSR count). The smallest absolute Gasteiger partial charge is 0.315 e. The van der Waals surface area contributed by atoms with Crippen LogP contribution in [0.1, 0.15) is 38.5 Å². The third kappa shape index (κ3) is 4.02. The fourth-order valence-corrected chi connectivity index (χ4v) is 2.68. The zero-order chi connectivity index (χ0) is 13.7. The molecule has 1 saturated heterocycles. The summed E-state index contributed by atoms with van der Waals surface area (Å²) in [4.78, 5) is 35.1. The van der Waals surface area contributed by atoms with Gasteiger partial charge in [-0.2, -0.15) is 0 Å². The van der Waals surface area contributed by atoms with Crippen LogP contribution in [-0.2, 0) is 14.4 Å². The number of imide groups is 1. The van der Waals surface area contributed by atoms with Crippen molar-refractivity contribution in [2.45, 2.75) is 44.6 Å². The second kappa shape index (κ2) is 6.65. The Labute approximate surface area is 112 Å². The summed E-state index contributed by atoms with van der Waals surface area (Å²) >= 11 is 0. The van der Waals surface area contributed by atoms with Crippen LogP contribution < -0.4 is 16.0 Å². The van der Waals surface area contributed by atoms with E-state index in [0.29, 0.717) is 12.8 Å². The second-order valence-corrected chi connectivity index (χ2v) is 5.30. The molecule has 1 aliphatic carbocycles. The summed E-state index contributed by atoms with van der Waals surface area (Å²) in [6, 6.07) is 0.0900. The zero-order valence-electron chi connectivity index (χ0n) is 11.0. The number of hydrogen-bond donors (Lipinski definition) is 3. The highest BCUT2D eigenvalue weighted by Gasteiger charge is 2.26. The molecule has 0 spiro atoms. The van der Waals surface area contributed by atoms with Crippen molar-refractivity contribution in [2.24, 2.45) is 5.92 Å². The van der Waals surface area contributed by atoms with Gasteiger partial charge in [0.05, 0.1) is 0 Å². The van der Waals surface area contributed by atoms with E-state index in [1.807, 2.05) is 0 Å². The normalized spacial score (nSPS) is 21.1. The van der Waals surface area contributed by atoms with E-state index < -0.39 is 11.8 Å². The number of hydrogen-bond acceptors (Lipinski definition) is 4. The molecule has 0 aromatic heterocycles. The fourth-order valence-electron chi connectivity index (χ4n) is 2.68. The van der Waals surface area contributed by atoms with Gasteiger partial charge in [0.2, 0.25) is 5.91 Å². The molecule has 2 fully saturated rings. The summed E-state index contributed by atoms with van der Waals surface area (Å²) < 4.78 is 0. The van der Waals surface area contributed by atoms with Gasteiger partial charge in [-0.25, -0.2) is 0 Å². The molecule has 1 heterocycles. The predicted molar refractivity (Wildman–Crippen MR) is 69.1 cm³/mol. The molecule has 0 atom stereocenters. The lowest BCUT2D eigenvalue weighted by Gasteiger charge is -2.21. The fraction of sp³-hybridized carbons (Fsp3) is 0.769. The number of amides is 3. The number of carbonyl (C=O) groups excluding carboxylic acids is 3. The van der Waals surface area contributed by atoms with E-state index in [2.05, 4.69) is 16.0 Å². The van der Waals surface area contributed by atoms with Gasteiger partial charge in [-0.3, -0.25) is 19.7 Å². The van der Waals surface area contributed by atoms with E-state index in [-0.39, 0.29) is 17.9 Å². The first-order chi connectivity index (χ1) is 9.16. The molecule has 2 aliphatic rings. The molecule has 1 aliphatic heterocycles. The number of nitrogens with one attached hydrogen (secondary N) is 3. The molecule has 0 radical (unpaired) electrons. The van der Waals surface area contributed by atoms with Crippen molar-refractivity contribution in [3.05, 3.63) is 0 Å². The van der Waals surface area contributed by atoms with Crippen LogP contribution in [0.5, 0.6) is 0 Å². The highest BCUT2D eigenvalue weighted by atomic mass is 16.2. The van der Waals surface area contributed by atoms with Crippen molar-refractivity contribution >= 4 is 17.7 Å². The summed E-state index contributed by atoms with van der Waals surface area (Å²) in [6.07, 6.45) is 5.43. The molecule has 106 valence electrons. The van der Waals surface area contributed by atoms with Crippen molar-refractivity contribution in [3.8, 4) is 0 Å². The van der Waals surface area contributed by atoms with Crippen LogP contribution in [0.25, 0.3) is 0 Å². The Kier molecular flexibility index (Phi) is 4.90. The second-order valence-electron chi connectivity index (χ2n) is 5.30. The van der Waals surface area contributed by atoms with Crippen LogP contribution >= 0.6 is 0 Å². The molecule has 3 amide bonds. The molecule has 0 unspecified atom stereocenters. The van der Waals surface area contributed by atoms with Gasteiger partial charge in [-0.15, -0.1) is 0 Å². The lowest BCUT2D eigenvalue weighted by molar-refractivity contribution is -0.143. The Hall–Kier alpha value is -1.43. The molecule has 0 bridgehead atoms. The Morgan fingerprint density at radius 2 is 1.53 bits per heavy atom. The van der Waals surface area contributed by atoms with Gasteiger partial charge >= 0.3 is 11.8 Å². The maximum Gasteiger partial charge on any atom is 0.315 e. The summed E-state index contributed by atoms with van der Waals surface area (Å²) in [5, 5.41) is 8.03. The van der Waals surface area contributed by atoms with Crippen LogP contribution in [0, 0.1) is 5.92 Å². The average molecular weight is 267 g/mol. The summed E-state index contributed by atoms with van der Waals surface area (Å²) in [7, 11) is 0. The first kappa shape index (κ1) is 14.0. The first-order valence-corrected chi connectivity index (χ1v) is 7.03. The van der Waals surface area contributed by atoms with Crippen LogP contribution in [-0.4, -0.2) is 36.9 Å². The molecular weight excluding hydrogens is 246 g/mol.